The Labute approximate surface area is 135 Å². The maximum absolute atomic E-state index is 12.0. The van der Waals surface area contributed by atoms with Crippen molar-refractivity contribution in [2.24, 2.45) is 0 Å². The van der Waals surface area contributed by atoms with E-state index in [1.54, 1.807) is 30.3 Å². The van der Waals surface area contributed by atoms with Crippen LogP contribution < -0.4 is 16.0 Å². The maximum atomic E-state index is 12.0. The quantitative estimate of drug-likeness (QED) is 0.559. The van der Waals surface area contributed by atoms with Crippen molar-refractivity contribution in [3.63, 3.8) is 0 Å². The highest BCUT2D eigenvalue weighted by Crippen LogP contribution is 2.28. The Morgan fingerprint density at radius 2 is 1.88 bits per heavy atom. The molecule has 0 spiro atoms. The van der Waals surface area contributed by atoms with Crippen LogP contribution in [0, 0.1) is 0 Å². The fraction of sp³-hybridized carbons (Fsp3) is 0.333. The highest BCUT2D eigenvalue weighted by molar-refractivity contribution is 5.27. The molecule has 0 saturated carbocycles. The second kappa shape index (κ2) is 6.57. The van der Waals surface area contributed by atoms with Gasteiger partial charge in [-0.1, -0.05) is 18.2 Å². The van der Waals surface area contributed by atoms with Crippen molar-refractivity contribution >= 4 is 0 Å². The van der Waals surface area contributed by atoms with Crippen LogP contribution in [0.3, 0.4) is 0 Å². The number of hydrogen-bond acceptors (Lipinski definition) is 7. The van der Waals surface area contributed by atoms with Crippen LogP contribution in [0.5, 0.6) is 11.5 Å². The van der Waals surface area contributed by atoms with E-state index in [0.717, 1.165) is 10.8 Å². The fourth-order valence-electron chi connectivity index (χ4n) is 2.45. The highest BCUT2D eigenvalue weighted by atomic mass is 16.6. The summed E-state index contributed by atoms with van der Waals surface area (Å²) in [4.78, 5) is 26.0. The number of H-pyrrole nitrogens is 1. The second-order valence-electron chi connectivity index (χ2n) is 5.30. The van der Waals surface area contributed by atoms with E-state index in [1.165, 1.54) is 0 Å². The standard InChI is InChI=1S/C15H16N2O7/c18-7-10-11(19)12(20)14(24-10)17-6-9(13(21)16-15(17)22)23-8-4-2-1-3-5-8/h1-6,10-12,14,18-20H,7H2,(H,16,21,22)/t10-,11-,12-,14-/m0/s1. The summed E-state index contributed by atoms with van der Waals surface area (Å²) in [5, 5.41) is 28.9. The van der Waals surface area contributed by atoms with Gasteiger partial charge in [0, 0.05) is 0 Å². The van der Waals surface area contributed by atoms with E-state index in [9.17, 15) is 19.8 Å². The molecular formula is C15H16N2O7. The number of aliphatic hydroxyl groups excluding tert-OH is 3. The molecule has 0 unspecified atom stereocenters. The van der Waals surface area contributed by atoms with Gasteiger partial charge in [0.1, 0.15) is 24.1 Å². The van der Waals surface area contributed by atoms with Crippen molar-refractivity contribution in [2.75, 3.05) is 6.61 Å². The third kappa shape index (κ3) is 2.97. The van der Waals surface area contributed by atoms with Crippen LogP contribution >= 0.6 is 0 Å². The van der Waals surface area contributed by atoms with Crippen molar-refractivity contribution in [1.29, 1.82) is 0 Å². The molecule has 0 aliphatic carbocycles. The molecule has 9 heteroatoms. The molecule has 0 amide bonds. The van der Waals surface area contributed by atoms with Gasteiger partial charge in [0.25, 0.3) is 5.56 Å². The van der Waals surface area contributed by atoms with E-state index in [-0.39, 0.29) is 5.75 Å². The molecule has 4 atom stereocenters. The summed E-state index contributed by atoms with van der Waals surface area (Å²) in [6.07, 6.45) is -4.02. The van der Waals surface area contributed by atoms with Crippen molar-refractivity contribution in [3.05, 3.63) is 57.4 Å². The van der Waals surface area contributed by atoms with Crippen molar-refractivity contribution in [2.45, 2.75) is 24.5 Å². The molecule has 2 aromatic rings. The van der Waals surface area contributed by atoms with Gasteiger partial charge in [0.2, 0.25) is 5.75 Å². The fourth-order valence-corrected chi connectivity index (χ4v) is 2.45. The highest BCUT2D eigenvalue weighted by Gasteiger charge is 2.43. The Balaban J connectivity index is 1.96. The van der Waals surface area contributed by atoms with Gasteiger partial charge >= 0.3 is 5.69 Å². The number of benzene rings is 1. The Morgan fingerprint density at radius 3 is 2.50 bits per heavy atom. The van der Waals surface area contributed by atoms with Crippen LogP contribution in [0.25, 0.3) is 0 Å². The monoisotopic (exact) mass is 336 g/mol. The molecular weight excluding hydrogens is 320 g/mol. The summed E-state index contributed by atoms with van der Waals surface area (Å²) in [5.41, 5.74) is -1.58. The van der Waals surface area contributed by atoms with Gasteiger partial charge in [0.15, 0.2) is 6.23 Å². The summed E-state index contributed by atoms with van der Waals surface area (Å²) in [6.45, 7) is -0.528. The molecule has 1 aliphatic heterocycles. The van der Waals surface area contributed by atoms with Crippen LogP contribution in [0.4, 0.5) is 0 Å². The van der Waals surface area contributed by atoms with Gasteiger partial charge in [0.05, 0.1) is 12.8 Å². The first-order valence-electron chi connectivity index (χ1n) is 7.22. The van der Waals surface area contributed by atoms with Crippen LogP contribution in [0.1, 0.15) is 6.23 Å². The van der Waals surface area contributed by atoms with Gasteiger partial charge in [-0.25, -0.2) is 4.79 Å². The summed E-state index contributed by atoms with van der Waals surface area (Å²) >= 11 is 0. The molecule has 1 fully saturated rings. The molecule has 3 rings (SSSR count). The molecule has 4 N–H and O–H groups in total. The minimum absolute atomic E-state index is 0.182. The number of nitrogens with zero attached hydrogens (tertiary/aromatic N) is 1. The van der Waals surface area contributed by atoms with Crippen molar-refractivity contribution in [1.82, 2.24) is 9.55 Å². The average molecular weight is 336 g/mol. The molecule has 2 heterocycles. The zero-order valence-corrected chi connectivity index (χ0v) is 12.4. The first-order chi connectivity index (χ1) is 11.5. The number of hydrogen-bond donors (Lipinski definition) is 4. The zero-order valence-electron chi connectivity index (χ0n) is 12.4. The number of nitrogens with one attached hydrogen (secondary N) is 1. The molecule has 0 radical (unpaired) electrons. The molecule has 1 aliphatic rings. The van der Waals surface area contributed by atoms with E-state index in [2.05, 4.69) is 4.98 Å². The van der Waals surface area contributed by atoms with Gasteiger partial charge < -0.3 is 24.8 Å². The maximum Gasteiger partial charge on any atom is 0.330 e. The SMILES string of the molecule is O=c1[nH]c(=O)n([C@H]2O[C@@H](CO)[C@H](O)[C@@H]2O)cc1Oc1ccccc1. The Morgan fingerprint density at radius 1 is 1.17 bits per heavy atom. The van der Waals surface area contributed by atoms with E-state index in [0.29, 0.717) is 5.75 Å². The molecule has 128 valence electrons. The third-order valence-electron chi connectivity index (χ3n) is 3.70. The molecule has 1 aromatic carbocycles. The second-order valence-corrected chi connectivity index (χ2v) is 5.30. The van der Waals surface area contributed by atoms with E-state index in [4.69, 9.17) is 14.6 Å². The number of para-hydroxylation sites is 1. The first-order valence-corrected chi connectivity index (χ1v) is 7.22. The molecule has 24 heavy (non-hydrogen) atoms. The van der Waals surface area contributed by atoms with E-state index >= 15 is 0 Å². The molecule has 9 nitrogen and oxygen atoms in total. The van der Waals surface area contributed by atoms with Crippen LogP contribution in [-0.2, 0) is 4.74 Å². The lowest BCUT2D eigenvalue weighted by Gasteiger charge is -2.17. The number of rotatable bonds is 4. The Hall–Kier alpha value is -2.46. The van der Waals surface area contributed by atoms with Gasteiger partial charge in [-0.05, 0) is 12.1 Å². The minimum atomic E-state index is -1.45. The topological polar surface area (TPSA) is 134 Å². The smallest absolute Gasteiger partial charge is 0.330 e. The van der Waals surface area contributed by atoms with E-state index < -0.39 is 42.4 Å². The zero-order chi connectivity index (χ0) is 17.3. The van der Waals surface area contributed by atoms with Crippen LogP contribution in [0.15, 0.2) is 46.1 Å². The molecule has 0 bridgehead atoms. The van der Waals surface area contributed by atoms with Gasteiger partial charge in [-0.3, -0.25) is 14.3 Å². The number of aromatic nitrogens is 2. The van der Waals surface area contributed by atoms with Crippen molar-refractivity contribution in [3.8, 4) is 11.5 Å². The molecule has 1 aromatic heterocycles. The van der Waals surface area contributed by atoms with E-state index in [1.807, 2.05) is 0 Å². The number of aromatic amines is 1. The third-order valence-corrected chi connectivity index (χ3v) is 3.70. The Bertz CT molecular complexity index is 817. The summed E-state index contributed by atoms with van der Waals surface area (Å²) in [7, 11) is 0. The van der Waals surface area contributed by atoms with Crippen molar-refractivity contribution < 1.29 is 24.8 Å². The lowest BCUT2D eigenvalue weighted by molar-refractivity contribution is -0.0552. The summed E-state index contributed by atoms with van der Waals surface area (Å²) < 4.78 is 11.6. The lowest BCUT2D eigenvalue weighted by atomic mass is 10.1. The lowest BCUT2D eigenvalue weighted by Crippen LogP contribution is -2.38. The normalized spacial score (nSPS) is 26.5. The summed E-state index contributed by atoms with van der Waals surface area (Å²) in [6, 6.07) is 8.46. The molecule has 1 saturated heterocycles. The number of aliphatic hydroxyl groups is 3. The predicted molar refractivity (Wildman–Crippen MR) is 80.8 cm³/mol. The summed E-state index contributed by atoms with van der Waals surface area (Å²) in [5.74, 6) is 0.202. The van der Waals surface area contributed by atoms with Crippen LogP contribution in [-0.4, -0.2) is 49.8 Å². The average Bonchev–Trinajstić information content (AvgIpc) is 2.86. The number of ether oxygens (including phenoxy) is 2. The van der Waals surface area contributed by atoms with Crippen LogP contribution in [0.2, 0.25) is 0 Å². The first kappa shape index (κ1) is 16.4. The Kier molecular flexibility index (Phi) is 4.49. The minimum Gasteiger partial charge on any atom is -0.450 e. The van der Waals surface area contributed by atoms with Gasteiger partial charge in [-0.2, -0.15) is 0 Å². The largest absolute Gasteiger partial charge is 0.450 e. The van der Waals surface area contributed by atoms with Gasteiger partial charge in [-0.15, -0.1) is 0 Å². The predicted octanol–water partition coefficient (Wildman–Crippen LogP) is -1.06.